The van der Waals surface area contributed by atoms with Crippen molar-refractivity contribution in [2.75, 3.05) is 51.9 Å². The van der Waals surface area contributed by atoms with Gasteiger partial charge in [-0.05, 0) is 39.1 Å². The van der Waals surface area contributed by atoms with Crippen LogP contribution in [-0.4, -0.2) is 68.2 Å². The van der Waals surface area contributed by atoms with Crippen molar-refractivity contribution in [1.29, 1.82) is 0 Å². The molecule has 1 fully saturated rings. The van der Waals surface area contributed by atoms with Crippen molar-refractivity contribution in [3.63, 3.8) is 0 Å². The third-order valence-electron chi connectivity index (χ3n) is 5.28. The largest absolute Gasteiger partial charge is 0.364 e. The van der Waals surface area contributed by atoms with Gasteiger partial charge in [0.25, 0.3) is 0 Å². The number of aliphatic imine (C=N–C) groups is 1. The zero-order valence-electron chi connectivity index (χ0n) is 16.9. The summed E-state index contributed by atoms with van der Waals surface area (Å²) in [5.41, 5.74) is 3.29. The molecule has 4 rings (SSSR count). The molecule has 1 aromatic heterocycles. The van der Waals surface area contributed by atoms with Crippen molar-refractivity contribution in [3.05, 3.63) is 40.8 Å². The first kappa shape index (κ1) is 19.4. The van der Waals surface area contributed by atoms with Crippen LogP contribution in [0.3, 0.4) is 0 Å². The van der Waals surface area contributed by atoms with E-state index in [9.17, 15) is 0 Å². The van der Waals surface area contributed by atoms with E-state index < -0.39 is 0 Å². The minimum absolute atomic E-state index is 0.384. The van der Waals surface area contributed by atoms with Crippen molar-refractivity contribution >= 4 is 33.5 Å². The molecule has 1 saturated heterocycles. The molecule has 2 aliphatic heterocycles. The third-order valence-corrected chi connectivity index (χ3v) is 6.25. The minimum atomic E-state index is 0.384. The van der Waals surface area contributed by atoms with Gasteiger partial charge in [0.1, 0.15) is 10.8 Å². The Bertz CT molecular complexity index is 841. The predicted octanol–water partition coefficient (Wildman–Crippen LogP) is 3.39. The average Bonchev–Trinajstić information content (AvgIpc) is 3.00. The molecule has 0 spiro atoms. The number of amidine groups is 1. The van der Waals surface area contributed by atoms with Crippen molar-refractivity contribution in [2.24, 2.45) is 4.99 Å². The van der Waals surface area contributed by atoms with Gasteiger partial charge in [-0.3, -0.25) is 4.90 Å². The number of para-hydroxylation sites is 2. The lowest BCUT2D eigenvalue weighted by Gasteiger charge is -2.36. The molecule has 0 aliphatic carbocycles. The van der Waals surface area contributed by atoms with Crippen LogP contribution in [0.1, 0.15) is 17.4 Å². The zero-order valence-corrected chi connectivity index (χ0v) is 17.7. The molecule has 2 aliphatic rings. The molecule has 2 aromatic rings. The van der Waals surface area contributed by atoms with E-state index in [1.54, 1.807) is 11.3 Å². The Balaban J connectivity index is 1.47. The maximum absolute atomic E-state index is 5.84. The fourth-order valence-electron chi connectivity index (χ4n) is 3.52. The normalized spacial score (nSPS) is 18.0. The molecule has 3 heterocycles. The van der Waals surface area contributed by atoms with E-state index >= 15 is 0 Å². The molecule has 28 heavy (non-hydrogen) atoms. The number of ether oxygens (including phenoxy) is 1. The van der Waals surface area contributed by atoms with Crippen molar-refractivity contribution < 1.29 is 4.74 Å². The Kier molecular flexibility index (Phi) is 5.96. The number of hydrogen-bond donors (Lipinski definition) is 2. The third kappa shape index (κ3) is 4.22. The minimum Gasteiger partial charge on any atom is -0.364 e. The second kappa shape index (κ2) is 8.61. The van der Waals surface area contributed by atoms with Crippen LogP contribution < -0.4 is 10.6 Å². The van der Waals surface area contributed by atoms with Crippen LogP contribution >= 0.6 is 11.3 Å². The number of anilines is 2. The van der Waals surface area contributed by atoms with Gasteiger partial charge in [0.2, 0.25) is 0 Å². The highest BCUT2D eigenvalue weighted by atomic mass is 32.1. The van der Waals surface area contributed by atoms with Gasteiger partial charge in [-0.1, -0.05) is 12.1 Å². The first-order valence-corrected chi connectivity index (χ1v) is 10.7. The maximum atomic E-state index is 5.84. The van der Waals surface area contributed by atoms with Crippen LogP contribution in [0, 0.1) is 6.92 Å². The SMILES string of the molecule is CNC(C)COCN1CCN(C2=Nc3ccccc3Nc3sc(C)cc32)CC1. The second-order valence-corrected chi connectivity index (χ2v) is 8.73. The number of hydrogen-bond acceptors (Lipinski definition) is 7. The Labute approximate surface area is 171 Å². The summed E-state index contributed by atoms with van der Waals surface area (Å²) in [6.07, 6.45) is 0. The fourth-order valence-corrected chi connectivity index (χ4v) is 4.44. The molecule has 6 nitrogen and oxygen atoms in total. The van der Waals surface area contributed by atoms with E-state index in [0.29, 0.717) is 12.8 Å². The summed E-state index contributed by atoms with van der Waals surface area (Å²) in [6.45, 7) is 9.62. The number of thiophene rings is 1. The van der Waals surface area contributed by atoms with Gasteiger partial charge < -0.3 is 20.3 Å². The summed E-state index contributed by atoms with van der Waals surface area (Å²) in [7, 11) is 1.97. The monoisotopic (exact) mass is 399 g/mol. The van der Waals surface area contributed by atoms with Crippen molar-refractivity contribution in [2.45, 2.75) is 19.9 Å². The number of nitrogens with one attached hydrogen (secondary N) is 2. The maximum Gasteiger partial charge on any atom is 0.139 e. The summed E-state index contributed by atoms with van der Waals surface area (Å²) >= 11 is 1.80. The molecular weight excluding hydrogens is 370 g/mol. The van der Waals surface area contributed by atoms with Gasteiger partial charge >= 0.3 is 0 Å². The van der Waals surface area contributed by atoms with E-state index in [2.05, 4.69) is 58.5 Å². The molecule has 7 heteroatoms. The first-order valence-electron chi connectivity index (χ1n) is 9.92. The van der Waals surface area contributed by atoms with Gasteiger partial charge in [-0.15, -0.1) is 11.3 Å². The van der Waals surface area contributed by atoms with Gasteiger partial charge in [-0.2, -0.15) is 0 Å². The van der Waals surface area contributed by atoms with E-state index in [-0.39, 0.29) is 0 Å². The first-order chi connectivity index (χ1) is 13.6. The topological polar surface area (TPSA) is 52.1 Å². The summed E-state index contributed by atoms with van der Waals surface area (Å²) < 4.78 is 5.84. The van der Waals surface area contributed by atoms with Gasteiger partial charge in [-0.25, -0.2) is 4.99 Å². The highest BCUT2D eigenvalue weighted by Gasteiger charge is 2.26. The molecule has 2 N–H and O–H groups in total. The quantitative estimate of drug-likeness (QED) is 0.807. The Morgan fingerprint density at radius 3 is 2.82 bits per heavy atom. The van der Waals surface area contributed by atoms with Crippen molar-refractivity contribution in [1.82, 2.24) is 15.1 Å². The van der Waals surface area contributed by atoms with Crippen LogP contribution in [-0.2, 0) is 4.74 Å². The van der Waals surface area contributed by atoms with Crippen LogP contribution in [0.2, 0.25) is 0 Å². The number of rotatable bonds is 5. The van der Waals surface area contributed by atoms with Crippen LogP contribution in [0.4, 0.5) is 16.4 Å². The lowest BCUT2D eigenvalue weighted by molar-refractivity contribution is 0.00538. The average molecular weight is 400 g/mol. The van der Waals surface area contributed by atoms with E-state index in [4.69, 9.17) is 9.73 Å². The Morgan fingerprint density at radius 2 is 2.04 bits per heavy atom. The van der Waals surface area contributed by atoms with Crippen LogP contribution in [0.15, 0.2) is 35.3 Å². The number of aryl methyl sites for hydroxylation is 1. The number of fused-ring (bicyclic) bond motifs is 2. The number of benzene rings is 1. The highest BCUT2D eigenvalue weighted by Crippen LogP contribution is 2.39. The lowest BCUT2D eigenvalue weighted by Crippen LogP contribution is -2.49. The second-order valence-electron chi connectivity index (χ2n) is 7.47. The number of piperazine rings is 1. The standard InChI is InChI=1S/C21H29N5OS/c1-15(22-3)13-27-14-25-8-10-26(11-9-25)20-17-12-16(2)28-21(17)24-19-7-5-4-6-18(19)23-20/h4-7,12,15,22,24H,8-11,13-14H2,1-3H3. The van der Waals surface area contributed by atoms with Gasteiger partial charge in [0, 0.05) is 37.1 Å². The summed E-state index contributed by atoms with van der Waals surface area (Å²) in [4.78, 5) is 11.2. The number of nitrogens with zero attached hydrogens (tertiary/aromatic N) is 3. The lowest BCUT2D eigenvalue weighted by atomic mass is 10.2. The molecule has 0 saturated carbocycles. The van der Waals surface area contributed by atoms with E-state index in [1.807, 2.05) is 13.1 Å². The zero-order chi connectivity index (χ0) is 19.5. The molecule has 1 unspecified atom stereocenters. The summed E-state index contributed by atoms with van der Waals surface area (Å²) in [5, 5.41) is 7.98. The highest BCUT2D eigenvalue weighted by molar-refractivity contribution is 7.16. The molecule has 1 aromatic carbocycles. The number of likely N-dealkylation sites (N-methyl/N-ethyl adjacent to an activating group) is 1. The van der Waals surface area contributed by atoms with Crippen molar-refractivity contribution in [3.8, 4) is 0 Å². The van der Waals surface area contributed by atoms with Crippen LogP contribution in [0.5, 0.6) is 0 Å². The van der Waals surface area contributed by atoms with Gasteiger partial charge in [0.15, 0.2) is 0 Å². The predicted molar refractivity (Wildman–Crippen MR) is 117 cm³/mol. The smallest absolute Gasteiger partial charge is 0.139 e. The molecule has 0 amide bonds. The molecule has 1 atom stereocenters. The molecule has 150 valence electrons. The molecule has 0 bridgehead atoms. The molecular formula is C21H29N5OS. The van der Waals surface area contributed by atoms with Crippen LogP contribution in [0.25, 0.3) is 0 Å². The summed E-state index contributed by atoms with van der Waals surface area (Å²) in [5.74, 6) is 1.08. The van der Waals surface area contributed by atoms with E-state index in [0.717, 1.165) is 50.0 Å². The fraction of sp³-hybridized carbons (Fsp3) is 0.476. The summed E-state index contributed by atoms with van der Waals surface area (Å²) in [6, 6.07) is 10.9. The molecule has 0 radical (unpaired) electrons. The Hall–Kier alpha value is -1.93. The Morgan fingerprint density at radius 1 is 1.25 bits per heavy atom. The van der Waals surface area contributed by atoms with E-state index in [1.165, 1.54) is 15.4 Å². The van der Waals surface area contributed by atoms with Gasteiger partial charge in [0.05, 0.1) is 30.3 Å².